The lowest BCUT2D eigenvalue weighted by Gasteiger charge is -2.18. The van der Waals surface area contributed by atoms with E-state index in [1.807, 2.05) is 37.5 Å². The van der Waals surface area contributed by atoms with E-state index in [2.05, 4.69) is 28.1 Å². The molecule has 1 heterocycles. The second kappa shape index (κ2) is 6.68. The van der Waals surface area contributed by atoms with Crippen LogP contribution >= 0.6 is 0 Å². The molecule has 0 aliphatic carbocycles. The fourth-order valence-corrected chi connectivity index (χ4v) is 2.88. The summed E-state index contributed by atoms with van der Waals surface area (Å²) >= 11 is 0. The Morgan fingerprint density at radius 1 is 1.21 bits per heavy atom. The summed E-state index contributed by atoms with van der Waals surface area (Å²) in [6.45, 7) is 0.778. The third kappa shape index (κ3) is 4.04. The first-order chi connectivity index (χ1) is 9.16. The fourth-order valence-electron chi connectivity index (χ4n) is 2.10. The Labute approximate surface area is 117 Å². The molecule has 0 bridgehead atoms. The maximum atomic E-state index is 11.5. The molecule has 2 aromatic rings. The van der Waals surface area contributed by atoms with Gasteiger partial charge in [0.2, 0.25) is 0 Å². The minimum absolute atomic E-state index is 0.127. The van der Waals surface area contributed by atoms with E-state index in [1.54, 1.807) is 6.26 Å². The maximum absolute atomic E-state index is 11.5. The molecule has 0 spiro atoms. The van der Waals surface area contributed by atoms with Crippen LogP contribution in [0.25, 0.3) is 0 Å². The third-order valence-corrected chi connectivity index (χ3v) is 3.99. The van der Waals surface area contributed by atoms with Crippen molar-refractivity contribution in [3.05, 3.63) is 59.9 Å². The normalized spacial score (nSPS) is 14.2. The Hall–Kier alpha value is -1.39. The summed E-state index contributed by atoms with van der Waals surface area (Å²) in [6, 6.07) is 14.5. The number of aromatic nitrogens is 1. The van der Waals surface area contributed by atoms with Gasteiger partial charge in [0.1, 0.15) is 0 Å². The highest BCUT2D eigenvalue weighted by molar-refractivity contribution is 7.84. The second-order valence-corrected chi connectivity index (χ2v) is 6.17. The zero-order valence-electron chi connectivity index (χ0n) is 11.4. The monoisotopic (exact) mass is 276 g/mol. The van der Waals surface area contributed by atoms with Gasteiger partial charge < -0.3 is 9.88 Å². The molecule has 102 valence electrons. The highest BCUT2D eigenvalue weighted by Crippen LogP contribution is 2.14. The quantitative estimate of drug-likeness (QED) is 0.878. The molecule has 0 amide bonds. The molecule has 2 rings (SSSR count). The predicted molar refractivity (Wildman–Crippen MR) is 80.4 cm³/mol. The smallest absolute Gasteiger partial charge is 0.0439 e. The van der Waals surface area contributed by atoms with Crippen LogP contribution in [-0.4, -0.2) is 20.8 Å². The Kier molecular flexibility index (Phi) is 4.93. The van der Waals surface area contributed by atoms with Gasteiger partial charge in [0.25, 0.3) is 0 Å². The average Bonchev–Trinajstić information content (AvgIpc) is 2.81. The largest absolute Gasteiger partial charge is 0.353 e. The topological polar surface area (TPSA) is 34.0 Å². The second-order valence-electron chi connectivity index (χ2n) is 4.69. The van der Waals surface area contributed by atoms with Crippen molar-refractivity contribution < 1.29 is 4.21 Å². The molecular weight excluding hydrogens is 256 g/mol. The lowest BCUT2D eigenvalue weighted by molar-refractivity contribution is 0.558. The molecule has 2 atom stereocenters. The maximum Gasteiger partial charge on any atom is 0.0439 e. The van der Waals surface area contributed by atoms with Crippen molar-refractivity contribution in [1.82, 2.24) is 9.88 Å². The third-order valence-electron chi connectivity index (χ3n) is 3.18. The van der Waals surface area contributed by atoms with Gasteiger partial charge in [0.05, 0.1) is 0 Å². The van der Waals surface area contributed by atoms with Crippen LogP contribution in [0.2, 0.25) is 0 Å². The standard InChI is InChI=1S/C15H20N2OS/c1-17-10-6-9-14(17)11-16-15(12-19(2)18)13-7-4-3-5-8-13/h3-10,15-16H,11-12H2,1-2H3/t15-,19+/m0/s1. The Balaban J connectivity index is 2.06. The van der Waals surface area contributed by atoms with Crippen LogP contribution in [0, 0.1) is 0 Å². The van der Waals surface area contributed by atoms with E-state index in [9.17, 15) is 4.21 Å². The first-order valence-corrected chi connectivity index (χ1v) is 8.08. The van der Waals surface area contributed by atoms with Crippen molar-refractivity contribution >= 4 is 10.8 Å². The molecular formula is C15H20N2OS. The summed E-state index contributed by atoms with van der Waals surface area (Å²) in [5, 5.41) is 3.50. The molecule has 1 aromatic heterocycles. The van der Waals surface area contributed by atoms with Gasteiger partial charge in [-0.2, -0.15) is 0 Å². The molecule has 0 unspecified atom stereocenters. The van der Waals surface area contributed by atoms with Gasteiger partial charge in [-0.1, -0.05) is 30.3 Å². The molecule has 1 N–H and O–H groups in total. The van der Waals surface area contributed by atoms with E-state index < -0.39 is 10.8 Å². The van der Waals surface area contributed by atoms with Gasteiger partial charge in [-0.05, 0) is 17.7 Å². The van der Waals surface area contributed by atoms with Crippen LogP contribution in [0.1, 0.15) is 17.3 Å². The van der Waals surface area contributed by atoms with E-state index in [4.69, 9.17) is 0 Å². The van der Waals surface area contributed by atoms with E-state index in [1.165, 1.54) is 11.3 Å². The molecule has 0 aliphatic rings. The van der Waals surface area contributed by atoms with Gasteiger partial charge in [0, 0.05) is 54.3 Å². The van der Waals surface area contributed by atoms with Crippen LogP contribution in [0.5, 0.6) is 0 Å². The Morgan fingerprint density at radius 3 is 2.53 bits per heavy atom. The van der Waals surface area contributed by atoms with Gasteiger partial charge in [0.15, 0.2) is 0 Å². The average molecular weight is 276 g/mol. The summed E-state index contributed by atoms with van der Waals surface area (Å²) in [7, 11) is 1.22. The molecule has 4 heteroatoms. The van der Waals surface area contributed by atoms with Crippen LogP contribution in [0.3, 0.4) is 0 Å². The summed E-state index contributed by atoms with van der Waals surface area (Å²) in [5.74, 6) is 0.633. The van der Waals surface area contributed by atoms with Crippen molar-refractivity contribution in [1.29, 1.82) is 0 Å². The molecule has 19 heavy (non-hydrogen) atoms. The SMILES string of the molecule is Cn1cccc1CN[C@@H](C[S@@](C)=O)c1ccccc1. The van der Waals surface area contributed by atoms with Crippen molar-refractivity contribution in [3.63, 3.8) is 0 Å². The van der Waals surface area contributed by atoms with E-state index in [-0.39, 0.29) is 6.04 Å². The molecule has 0 aliphatic heterocycles. The summed E-state index contributed by atoms with van der Waals surface area (Å²) in [4.78, 5) is 0. The number of benzene rings is 1. The van der Waals surface area contributed by atoms with Crippen LogP contribution in [0.15, 0.2) is 48.7 Å². The molecule has 0 fully saturated rings. The highest BCUT2D eigenvalue weighted by atomic mass is 32.2. The van der Waals surface area contributed by atoms with Gasteiger partial charge in [-0.15, -0.1) is 0 Å². The molecule has 0 saturated heterocycles. The number of rotatable bonds is 6. The first kappa shape index (κ1) is 14.0. The van der Waals surface area contributed by atoms with Crippen LogP contribution in [-0.2, 0) is 24.4 Å². The van der Waals surface area contributed by atoms with Crippen molar-refractivity contribution in [2.75, 3.05) is 12.0 Å². The number of nitrogens with zero attached hydrogens (tertiary/aromatic N) is 1. The minimum Gasteiger partial charge on any atom is -0.353 e. The van der Waals surface area contributed by atoms with E-state index in [0.717, 1.165) is 6.54 Å². The fraction of sp³-hybridized carbons (Fsp3) is 0.333. The molecule has 3 nitrogen and oxygen atoms in total. The lowest BCUT2D eigenvalue weighted by atomic mass is 10.1. The number of hydrogen-bond donors (Lipinski definition) is 1. The number of hydrogen-bond acceptors (Lipinski definition) is 2. The highest BCUT2D eigenvalue weighted by Gasteiger charge is 2.12. The van der Waals surface area contributed by atoms with Crippen molar-refractivity contribution in [3.8, 4) is 0 Å². The van der Waals surface area contributed by atoms with Crippen LogP contribution in [0.4, 0.5) is 0 Å². The number of aryl methyl sites for hydroxylation is 1. The van der Waals surface area contributed by atoms with E-state index >= 15 is 0 Å². The molecule has 1 aromatic carbocycles. The number of nitrogens with one attached hydrogen (secondary N) is 1. The zero-order chi connectivity index (χ0) is 13.7. The summed E-state index contributed by atoms with van der Waals surface area (Å²) < 4.78 is 13.6. The van der Waals surface area contributed by atoms with Crippen molar-refractivity contribution in [2.45, 2.75) is 12.6 Å². The van der Waals surface area contributed by atoms with Gasteiger partial charge in [-0.25, -0.2) is 0 Å². The van der Waals surface area contributed by atoms with Crippen LogP contribution < -0.4 is 5.32 Å². The van der Waals surface area contributed by atoms with E-state index in [0.29, 0.717) is 5.75 Å². The molecule has 0 saturated carbocycles. The first-order valence-electron chi connectivity index (χ1n) is 6.35. The zero-order valence-corrected chi connectivity index (χ0v) is 12.2. The van der Waals surface area contributed by atoms with Crippen molar-refractivity contribution in [2.24, 2.45) is 7.05 Å². The lowest BCUT2D eigenvalue weighted by Crippen LogP contribution is -2.26. The van der Waals surface area contributed by atoms with Gasteiger partial charge >= 0.3 is 0 Å². The van der Waals surface area contributed by atoms with Gasteiger partial charge in [-0.3, -0.25) is 4.21 Å². The molecule has 0 radical (unpaired) electrons. The summed E-state index contributed by atoms with van der Waals surface area (Å²) in [5.41, 5.74) is 2.41. The summed E-state index contributed by atoms with van der Waals surface area (Å²) in [6.07, 6.45) is 3.78. The minimum atomic E-state index is -0.819. The Bertz CT molecular complexity index is 536. The predicted octanol–water partition coefficient (Wildman–Crippen LogP) is 2.23. The Morgan fingerprint density at radius 2 is 1.95 bits per heavy atom.